The summed E-state index contributed by atoms with van der Waals surface area (Å²) in [4.78, 5) is 11.2. The lowest BCUT2D eigenvalue weighted by Crippen LogP contribution is -2.31. The smallest absolute Gasteiger partial charge is 0.158 e. The van der Waals surface area contributed by atoms with Crippen molar-refractivity contribution in [1.29, 1.82) is 0 Å². The van der Waals surface area contributed by atoms with Gasteiger partial charge < -0.3 is 4.90 Å². The van der Waals surface area contributed by atoms with Crippen LogP contribution in [0.1, 0.15) is 55.1 Å². The van der Waals surface area contributed by atoms with Crippen LogP contribution >= 0.6 is 0 Å². The van der Waals surface area contributed by atoms with E-state index in [1.807, 2.05) is 25.4 Å². The van der Waals surface area contributed by atoms with E-state index in [1.165, 1.54) is 23.4 Å². The summed E-state index contributed by atoms with van der Waals surface area (Å²) < 4.78 is 1.79. The first kappa shape index (κ1) is 16.8. The molecule has 0 radical (unpaired) electrons. The third-order valence-electron chi connectivity index (χ3n) is 5.06. The molecule has 0 unspecified atom stereocenters. The molecular formula is C19H25N7. The molecule has 1 atom stereocenters. The quantitative estimate of drug-likeness (QED) is 0.764. The van der Waals surface area contributed by atoms with E-state index >= 15 is 0 Å². The lowest BCUT2D eigenvalue weighted by Gasteiger charge is -2.28. The van der Waals surface area contributed by atoms with Gasteiger partial charge in [0.05, 0.1) is 11.9 Å². The van der Waals surface area contributed by atoms with Crippen LogP contribution in [0.4, 0.5) is 5.82 Å². The average molecular weight is 351 g/mol. The van der Waals surface area contributed by atoms with E-state index in [4.69, 9.17) is 0 Å². The molecule has 1 aliphatic heterocycles. The van der Waals surface area contributed by atoms with Crippen LogP contribution in [0.2, 0.25) is 0 Å². The van der Waals surface area contributed by atoms with Crippen molar-refractivity contribution in [3.63, 3.8) is 0 Å². The molecule has 26 heavy (non-hydrogen) atoms. The first-order valence-corrected chi connectivity index (χ1v) is 9.30. The zero-order chi connectivity index (χ0) is 18.1. The zero-order valence-electron chi connectivity index (χ0n) is 15.6. The number of H-pyrrole nitrogens is 1. The summed E-state index contributed by atoms with van der Waals surface area (Å²) in [6, 6.07) is 2.01. The van der Waals surface area contributed by atoms with Gasteiger partial charge in [-0.3, -0.25) is 5.10 Å². The molecule has 0 aromatic carbocycles. The molecule has 3 aromatic heterocycles. The summed E-state index contributed by atoms with van der Waals surface area (Å²) in [7, 11) is 0. The van der Waals surface area contributed by atoms with Gasteiger partial charge in [-0.15, -0.1) is 0 Å². The van der Waals surface area contributed by atoms with Gasteiger partial charge >= 0.3 is 0 Å². The summed E-state index contributed by atoms with van der Waals surface area (Å²) >= 11 is 0. The van der Waals surface area contributed by atoms with E-state index in [0.29, 0.717) is 5.92 Å². The Morgan fingerprint density at radius 1 is 1.27 bits per heavy atom. The second-order valence-electron chi connectivity index (χ2n) is 7.12. The SMILES string of the molecule is CCC[C@@H](C)c1n[nH]c2c1CN(c1cc(-n3cc(C)cn3)ncn1)CC2. The Hall–Kier alpha value is -2.70. The number of aromatic nitrogens is 6. The molecule has 4 rings (SSSR count). The first-order valence-electron chi connectivity index (χ1n) is 9.30. The van der Waals surface area contributed by atoms with Gasteiger partial charge in [-0.05, 0) is 18.9 Å². The van der Waals surface area contributed by atoms with Crippen molar-refractivity contribution in [3.8, 4) is 5.82 Å². The fourth-order valence-electron chi connectivity index (χ4n) is 3.66. The van der Waals surface area contributed by atoms with Gasteiger partial charge in [-0.2, -0.15) is 10.2 Å². The first-order chi connectivity index (χ1) is 12.7. The highest BCUT2D eigenvalue weighted by Gasteiger charge is 2.25. The Bertz CT molecular complexity index is 895. The second-order valence-corrected chi connectivity index (χ2v) is 7.12. The Balaban J connectivity index is 1.60. The maximum absolute atomic E-state index is 4.61. The number of nitrogens with zero attached hydrogens (tertiary/aromatic N) is 6. The highest BCUT2D eigenvalue weighted by molar-refractivity contribution is 5.47. The molecule has 136 valence electrons. The van der Waals surface area contributed by atoms with Crippen molar-refractivity contribution in [2.24, 2.45) is 0 Å². The molecule has 0 spiro atoms. The molecular weight excluding hydrogens is 326 g/mol. The topological polar surface area (TPSA) is 75.5 Å². The number of rotatable bonds is 5. The van der Waals surface area contributed by atoms with E-state index in [2.05, 4.69) is 44.0 Å². The van der Waals surface area contributed by atoms with E-state index in [9.17, 15) is 0 Å². The van der Waals surface area contributed by atoms with E-state index < -0.39 is 0 Å². The summed E-state index contributed by atoms with van der Waals surface area (Å²) in [5.41, 5.74) is 4.94. The number of aryl methyl sites for hydroxylation is 1. The fraction of sp³-hybridized carbons (Fsp3) is 0.474. The molecule has 1 N–H and O–H groups in total. The number of nitrogens with one attached hydrogen (secondary N) is 1. The third-order valence-corrected chi connectivity index (χ3v) is 5.06. The van der Waals surface area contributed by atoms with Gasteiger partial charge in [0.25, 0.3) is 0 Å². The highest BCUT2D eigenvalue weighted by Crippen LogP contribution is 2.30. The fourth-order valence-corrected chi connectivity index (χ4v) is 3.66. The highest BCUT2D eigenvalue weighted by atomic mass is 15.3. The van der Waals surface area contributed by atoms with Crippen molar-refractivity contribution in [3.05, 3.63) is 47.3 Å². The number of aromatic amines is 1. The average Bonchev–Trinajstić information content (AvgIpc) is 3.27. The number of anilines is 1. The van der Waals surface area contributed by atoms with Crippen LogP contribution in [0.3, 0.4) is 0 Å². The lowest BCUT2D eigenvalue weighted by molar-refractivity contribution is 0.632. The molecule has 0 bridgehead atoms. The van der Waals surface area contributed by atoms with Crippen LogP contribution in [0, 0.1) is 6.92 Å². The van der Waals surface area contributed by atoms with Crippen molar-refractivity contribution in [2.45, 2.75) is 52.5 Å². The van der Waals surface area contributed by atoms with Gasteiger partial charge in [0.2, 0.25) is 0 Å². The Kier molecular flexibility index (Phi) is 4.44. The van der Waals surface area contributed by atoms with Gasteiger partial charge in [-0.1, -0.05) is 20.3 Å². The van der Waals surface area contributed by atoms with Crippen LogP contribution in [-0.4, -0.2) is 36.5 Å². The largest absolute Gasteiger partial charge is 0.352 e. The molecule has 7 heteroatoms. The lowest BCUT2D eigenvalue weighted by atomic mass is 9.95. The Morgan fingerprint density at radius 2 is 2.12 bits per heavy atom. The molecule has 7 nitrogen and oxygen atoms in total. The maximum atomic E-state index is 4.61. The molecule has 3 aromatic rings. The molecule has 0 fully saturated rings. The van der Waals surface area contributed by atoms with E-state index in [-0.39, 0.29) is 0 Å². The second kappa shape index (κ2) is 6.90. The van der Waals surface area contributed by atoms with Crippen LogP contribution in [0.15, 0.2) is 24.8 Å². The Morgan fingerprint density at radius 3 is 2.88 bits per heavy atom. The number of hydrogen-bond donors (Lipinski definition) is 1. The van der Waals surface area contributed by atoms with Gasteiger partial charge in [0.15, 0.2) is 5.82 Å². The van der Waals surface area contributed by atoms with E-state index in [1.54, 1.807) is 11.0 Å². The van der Waals surface area contributed by atoms with Gasteiger partial charge in [0.1, 0.15) is 12.1 Å². The summed E-state index contributed by atoms with van der Waals surface area (Å²) in [5.74, 6) is 2.21. The summed E-state index contributed by atoms with van der Waals surface area (Å²) in [6.45, 7) is 8.27. The van der Waals surface area contributed by atoms with Crippen LogP contribution < -0.4 is 4.90 Å². The molecule has 0 amide bonds. The maximum Gasteiger partial charge on any atom is 0.158 e. The number of hydrogen-bond acceptors (Lipinski definition) is 5. The summed E-state index contributed by atoms with van der Waals surface area (Å²) in [5, 5.41) is 12.2. The normalized spacial score (nSPS) is 15.1. The van der Waals surface area contributed by atoms with Crippen molar-refractivity contribution in [2.75, 3.05) is 11.4 Å². The minimum atomic E-state index is 0.480. The number of fused-ring (bicyclic) bond motifs is 1. The van der Waals surface area contributed by atoms with Gasteiger partial charge in [0, 0.05) is 48.9 Å². The minimum Gasteiger partial charge on any atom is -0.352 e. The molecule has 1 aliphatic rings. The monoisotopic (exact) mass is 351 g/mol. The minimum absolute atomic E-state index is 0.480. The predicted octanol–water partition coefficient (Wildman–Crippen LogP) is 3.16. The van der Waals surface area contributed by atoms with Crippen LogP contribution in [0.25, 0.3) is 5.82 Å². The standard InChI is InChI=1S/C19H25N7/c1-4-5-14(3)19-15-11-25(7-6-16(15)23-24-19)17-8-18(21-12-20-17)26-10-13(2)9-22-26/h8-10,12,14H,4-7,11H2,1-3H3,(H,23,24)/t14-/m1/s1. The molecule has 4 heterocycles. The van der Waals surface area contributed by atoms with Crippen LogP contribution in [0.5, 0.6) is 0 Å². The Labute approximate surface area is 153 Å². The molecule has 0 aliphatic carbocycles. The predicted molar refractivity (Wildman–Crippen MR) is 101 cm³/mol. The zero-order valence-corrected chi connectivity index (χ0v) is 15.6. The van der Waals surface area contributed by atoms with Gasteiger partial charge in [-0.25, -0.2) is 14.6 Å². The molecule has 0 saturated heterocycles. The van der Waals surface area contributed by atoms with Crippen molar-refractivity contribution >= 4 is 5.82 Å². The van der Waals surface area contributed by atoms with E-state index in [0.717, 1.165) is 43.1 Å². The van der Waals surface area contributed by atoms with Crippen LogP contribution in [-0.2, 0) is 13.0 Å². The summed E-state index contributed by atoms with van der Waals surface area (Å²) in [6.07, 6.45) is 8.72. The molecule has 0 saturated carbocycles. The third kappa shape index (κ3) is 3.09. The van der Waals surface area contributed by atoms with Crippen molar-refractivity contribution in [1.82, 2.24) is 29.9 Å². The van der Waals surface area contributed by atoms with Crippen molar-refractivity contribution < 1.29 is 0 Å².